The standard InChI is InChI=1S/C13H27ClNO3PS/c1-12(2,7-8-14)11-15-10(13(3,4)9-20-11)19(16,17-5)18-6/h10-11,15H,7-9H2,1-6H3/t10-,11+/m0/s1. The predicted octanol–water partition coefficient (Wildman–Crippen LogP) is 4.14. The van der Waals surface area contributed by atoms with Crippen LogP contribution in [0.25, 0.3) is 0 Å². The zero-order valence-electron chi connectivity index (χ0n) is 13.2. The zero-order valence-corrected chi connectivity index (χ0v) is 15.7. The molecule has 0 unspecified atom stereocenters. The van der Waals surface area contributed by atoms with Gasteiger partial charge >= 0.3 is 7.60 Å². The summed E-state index contributed by atoms with van der Waals surface area (Å²) in [6.45, 7) is 8.54. The van der Waals surface area contributed by atoms with Gasteiger partial charge in [-0.3, -0.25) is 9.88 Å². The van der Waals surface area contributed by atoms with Crippen LogP contribution in [0.3, 0.4) is 0 Å². The van der Waals surface area contributed by atoms with Crippen molar-refractivity contribution in [3.05, 3.63) is 0 Å². The van der Waals surface area contributed by atoms with Crippen molar-refractivity contribution < 1.29 is 13.6 Å². The van der Waals surface area contributed by atoms with Crippen LogP contribution in [0, 0.1) is 10.8 Å². The molecule has 0 radical (unpaired) electrons. The molecule has 0 aromatic rings. The number of thioether (sulfide) groups is 1. The van der Waals surface area contributed by atoms with Crippen LogP contribution in [-0.4, -0.2) is 37.0 Å². The van der Waals surface area contributed by atoms with E-state index in [1.165, 1.54) is 14.2 Å². The van der Waals surface area contributed by atoms with Crippen LogP contribution in [0.1, 0.15) is 34.1 Å². The average Bonchev–Trinajstić information content (AvgIpc) is 2.37. The molecule has 2 atom stereocenters. The van der Waals surface area contributed by atoms with Crippen LogP contribution in [0.5, 0.6) is 0 Å². The third kappa shape index (κ3) is 3.93. The third-order valence-electron chi connectivity index (χ3n) is 3.95. The molecule has 0 aromatic carbocycles. The fourth-order valence-electron chi connectivity index (χ4n) is 2.42. The second-order valence-electron chi connectivity index (χ2n) is 6.58. The summed E-state index contributed by atoms with van der Waals surface area (Å²) in [6.07, 6.45) is 0.899. The van der Waals surface area contributed by atoms with E-state index in [-0.39, 0.29) is 22.0 Å². The Bertz CT molecular complexity index is 371. The van der Waals surface area contributed by atoms with Crippen molar-refractivity contribution in [2.45, 2.75) is 45.3 Å². The molecule has 0 aliphatic carbocycles. The summed E-state index contributed by atoms with van der Waals surface area (Å²) >= 11 is 7.76. The molecule has 120 valence electrons. The molecular weight excluding hydrogens is 317 g/mol. The van der Waals surface area contributed by atoms with Gasteiger partial charge in [0.1, 0.15) is 5.78 Å². The van der Waals surface area contributed by atoms with E-state index in [1.807, 2.05) is 11.8 Å². The van der Waals surface area contributed by atoms with E-state index in [0.717, 1.165) is 12.2 Å². The molecule has 1 saturated heterocycles. The highest BCUT2D eigenvalue weighted by Crippen LogP contribution is 2.59. The molecule has 1 heterocycles. The number of rotatable bonds is 6. The van der Waals surface area contributed by atoms with Crippen LogP contribution in [-0.2, 0) is 13.6 Å². The van der Waals surface area contributed by atoms with Gasteiger partial charge in [-0.2, -0.15) is 0 Å². The number of alkyl halides is 1. The Morgan fingerprint density at radius 1 is 1.40 bits per heavy atom. The molecule has 0 aromatic heterocycles. The first-order valence-electron chi connectivity index (χ1n) is 6.78. The van der Waals surface area contributed by atoms with Crippen molar-refractivity contribution in [3.8, 4) is 0 Å². The SMILES string of the molecule is COP(=O)(OC)[C@@H]1N[C@@H](C(C)(C)CCCl)SCC1(C)C. The van der Waals surface area contributed by atoms with Gasteiger partial charge in [-0.05, 0) is 11.8 Å². The fraction of sp³-hybridized carbons (Fsp3) is 1.00. The van der Waals surface area contributed by atoms with Crippen LogP contribution in [0.2, 0.25) is 0 Å². The summed E-state index contributed by atoms with van der Waals surface area (Å²) in [5.74, 6) is 1.20. The molecule has 0 spiro atoms. The summed E-state index contributed by atoms with van der Waals surface area (Å²) in [5.41, 5.74) is -0.146. The molecule has 1 fully saturated rings. The number of nitrogens with one attached hydrogen (secondary N) is 1. The Hall–Kier alpha value is 0.750. The first-order chi connectivity index (χ1) is 9.13. The Kier molecular flexibility index (Phi) is 6.47. The highest BCUT2D eigenvalue weighted by atomic mass is 35.5. The lowest BCUT2D eigenvalue weighted by atomic mass is 9.88. The van der Waals surface area contributed by atoms with Crippen LogP contribution >= 0.6 is 31.0 Å². The van der Waals surface area contributed by atoms with E-state index in [4.69, 9.17) is 20.6 Å². The average molecular weight is 344 g/mol. The van der Waals surface area contributed by atoms with Crippen molar-refractivity contribution in [1.29, 1.82) is 0 Å². The van der Waals surface area contributed by atoms with Crippen LogP contribution < -0.4 is 5.32 Å². The van der Waals surface area contributed by atoms with E-state index < -0.39 is 7.60 Å². The van der Waals surface area contributed by atoms with E-state index in [1.54, 1.807) is 0 Å². The first-order valence-corrected chi connectivity index (χ1v) is 9.97. The summed E-state index contributed by atoms with van der Waals surface area (Å²) in [7, 11) is -0.267. The Morgan fingerprint density at radius 2 is 1.95 bits per heavy atom. The van der Waals surface area contributed by atoms with Crippen LogP contribution in [0.15, 0.2) is 0 Å². The van der Waals surface area contributed by atoms with E-state index in [9.17, 15) is 4.57 Å². The summed E-state index contributed by atoms with van der Waals surface area (Å²) < 4.78 is 23.2. The van der Waals surface area contributed by atoms with Crippen molar-refractivity contribution in [2.24, 2.45) is 10.8 Å². The van der Waals surface area contributed by atoms with E-state index in [2.05, 4.69) is 33.0 Å². The van der Waals surface area contributed by atoms with Gasteiger partial charge in [-0.15, -0.1) is 23.4 Å². The van der Waals surface area contributed by atoms with E-state index in [0.29, 0.717) is 5.88 Å². The largest absolute Gasteiger partial charge is 0.347 e. The number of halogens is 1. The van der Waals surface area contributed by atoms with Crippen molar-refractivity contribution in [3.63, 3.8) is 0 Å². The number of hydrogen-bond acceptors (Lipinski definition) is 5. The molecule has 1 N–H and O–H groups in total. The van der Waals surface area contributed by atoms with Gasteiger partial charge in [0.15, 0.2) is 0 Å². The fourth-order valence-corrected chi connectivity index (χ4v) is 6.55. The lowest BCUT2D eigenvalue weighted by Crippen LogP contribution is -2.56. The Balaban J connectivity index is 3.00. The molecule has 20 heavy (non-hydrogen) atoms. The van der Waals surface area contributed by atoms with Gasteiger partial charge in [-0.1, -0.05) is 27.7 Å². The second kappa shape index (κ2) is 6.89. The van der Waals surface area contributed by atoms with E-state index >= 15 is 0 Å². The molecule has 7 heteroatoms. The molecule has 1 aliphatic heterocycles. The topological polar surface area (TPSA) is 47.6 Å². The lowest BCUT2D eigenvalue weighted by Gasteiger charge is -2.48. The first kappa shape index (κ1) is 18.8. The molecule has 0 bridgehead atoms. The van der Waals surface area contributed by atoms with Crippen molar-refractivity contribution >= 4 is 31.0 Å². The molecule has 1 rings (SSSR count). The molecule has 0 saturated carbocycles. The lowest BCUT2D eigenvalue weighted by molar-refractivity contribution is 0.191. The smallest absolute Gasteiger partial charge is 0.311 e. The van der Waals surface area contributed by atoms with Gasteiger partial charge < -0.3 is 9.05 Å². The molecule has 4 nitrogen and oxygen atoms in total. The summed E-state index contributed by atoms with van der Waals surface area (Å²) in [5, 5.41) is 3.68. The van der Waals surface area contributed by atoms with Crippen molar-refractivity contribution in [2.75, 3.05) is 25.9 Å². The van der Waals surface area contributed by atoms with Crippen molar-refractivity contribution in [1.82, 2.24) is 5.32 Å². The summed E-state index contributed by atoms with van der Waals surface area (Å²) in [4.78, 5) is 0. The minimum absolute atomic E-state index is 0.0213. The minimum atomic E-state index is -3.16. The highest BCUT2D eigenvalue weighted by Gasteiger charge is 2.50. The van der Waals surface area contributed by atoms with Gasteiger partial charge in [0.25, 0.3) is 0 Å². The Morgan fingerprint density at radius 3 is 2.40 bits per heavy atom. The monoisotopic (exact) mass is 343 g/mol. The normalized spacial score (nSPS) is 27.6. The Labute approximate surface area is 132 Å². The van der Waals surface area contributed by atoms with Gasteiger partial charge in [0, 0.05) is 31.3 Å². The van der Waals surface area contributed by atoms with Gasteiger partial charge in [-0.25, -0.2) is 0 Å². The third-order valence-corrected chi connectivity index (χ3v) is 8.65. The molecule has 1 aliphatic rings. The number of hydrogen-bond donors (Lipinski definition) is 1. The predicted molar refractivity (Wildman–Crippen MR) is 87.7 cm³/mol. The molecule has 0 amide bonds. The quantitative estimate of drug-likeness (QED) is 0.580. The molecular formula is C13H27ClNO3PS. The van der Waals surface area contributed by atoms with Crippen LogP contribution in [0.4, 0.5) is 0 Å². The van der Waals surface area contributed by atoms with Gasteiger partial charge in [0.05, 0.1) is 5.37 Å². The summed E-state index contributed by atoms with van der Waals surface area (Å²) in [6, 6.07) is 0. The maximum absolute atomic E-state index is 12.8. The highest BCUT2D eigenvalue weighted by molar-refractivity contribution is 8.00. The maximum atomic E-state index is 12.8. The van der Waals surface area contributed by atoms with Gasteiger partial charge in [0.2, 0.25) is 0 Å². The second-order valence-corrected chi connectivity index (χ2v) is 10.4. The maximum Gasteiger partial charge on any atom is 0.347 e. The zero-order chi connectivity index (χ0) is 15.6. The minimum Gasteiger partial charge on any atom is -0.311 e.